The van der Waals surface area contributed by atoms with Gasteiger partial charge in [-0.3, -0.25) is 0 Å². The molecule has 1 aromatic rings. The second-order valence-electron chi connectivity index (χ2n) is 5.61. The maximum absolute atomic E-state index is 5.88. The molecule has 0 N–H and O–H groups in total. The fourth-order valence-corrected chi connectivity index (χ4v) is 3.05. The van der Waals surface area contributed by atoms with Gasteiger partial charge in [-0.25, -0.2) is 0 Å². The van der Waals surface area contributed by atoms with Gasteiger partial charge in [0, 0.05) is 23.1 Å². The van der Waals surface area contributed by atoms with E-state index in [4.69, 9.17) is 4.74 Å². The van der Waals surface area contributed by atoms with Gasteiger partial charge in [0.15, 0.2) is 0 Å². The highest BCUT2D eigenvalue weighted by molar-refractivity contribution is 9.10. The van der Waals surface area contributed by atoms with E-state index in [0.717, 1.165) is 35.7 Å². The number of ether oxygens (including phenoxy) is 1. The van der Waals surface area contributed by atoms with Crippen LogP contribution in [0.2, 0.25) is 0 Å². The Labute approximate surface area is 125 Å². The van der Waals surface area contributed by atoms with Gasteiger partial charge < -0.3 is 9.64 Å². The van der Waals surface area contributed by atoms with Crippen LogP contribution in [0, 0.1) is 12.8 Å². The summed E-state index contributed by atoms with van der Waals surface area (Å²) in [7, 11) is 0. The number of piperidine rings is 1. The SMILES string of the molecule is Cc1c(Br)cccc1OCCCN1CCCC(C)C1. The van der Waals surface area contributed by atoms with E-state index in [2.05, 4.69) is 40.7 Å². The second kappa shape index (κ2) is 7.30. The van der Waals surface area contributed by atoms with Crippen LogP contribution in [0.5, 0.6) is 5.75 Å². The van der Waals surface area contributed by atoms with Gasteiger partial charge in [-0.15, -0.1) is 0 Å². The van der Waals surface area contributed by atoms with E-state index in [1.165, 1.54) is 31.5 Å². The Kier molecular flexibility index (Phi) is 5.71. The predicted octanol–water partition coefficient (Wildman–Crippen LogP) is 4.26. The molecule has 19 heavy (non-hydrogen) atoms. The monoisotopic (exact) mass is 325 g/mol. The van der Waals surface area contributed by atoms with Gasteiger partial charge in [-0.1, -0.05) is 28.9 Å². The van der Waals surface area contributed by atoms with Gasteiger partial charge in [-0.05, 0) is 50.8 Å². The van der Waals surface area contributed by atoms with Crippen LogP contribution in [0.1, 0.15) is 31.7 Å². The maximum Gasteiger partial charge on any atom is 0.123 e. The van der Waals surface area contributed by atoms with E-state index in [-0.39, 0.29) is 0 Å². The standard InChI is InChI=1S/C16H24BrNO/c1-13-6-4-9-18(12-13)10-5-11-19-16-8-3-7-15(17)14(16)2/h3,7-8,13H,4-6,9-12H2,1-2H3. The van der Waals surface area contributed by atoms with E-state index in [9.17, 15) is 0 Å². The van der Waals surface area contributed by atoms with Gasteiger partial charge in [0.2, 0.25) is 0 Å². The topological polar surface area (TPSA) is 12.5 Å². The van der Waals surface area contributed by atoms with E-state index in [1.807, 2.05) is 12.1 Å². The van der Waals surface area contributed by atoms with Crippen LogP contribution in [-0.4, -0.2) is 31.1 Å². The maximum atomic E-state index is 5.88. The molecule has 1 aromatic carbocycles. The molecule has 0 bridgehead atoms. The summed E-state index contributed by atoms with van der Waals surface area (Å²) in [5.74, 6) is 1.86. The lowest BCUT2D eigenvalue weighted by Gasteiger charge is -2.30. The van der Waals surface area contributed by atoms with Crippen LogP contribution < -0.4 is 4.74 Å². The molecule has 1 aliphatic heterocycles. The van der Waals surface area contributed by atoms with Crippen molar-refractivity contribution in [1.29, 1.82) is 0 Å². The lowest BCUT2D eigenvalue weighted by atomic mass is 10.0. The zero-order valence-corrected chi connectivity index (χ0v) is 13.6. The molecule has 3 heteroatoms. The Bertz CT molecular complexity index is 408. The average molecular weight is 326 g/mol. The first-order chi connectivity index (χ1) is 9.16. The Morgan fingerprint density at radius 2 is 2.26 bits per heavy atom. The van der Waals surface area contributed by atoms with Crippen molar-refractivity contribution in [1.82, 2.24) is 4.90 Å². The first-order valence-corrected chi connectivity index (χ1v) is 8.06. The van der Waals surface area contributed by atoms with Crippen LogP contribution in [0.3, 0.4) is 0 Å². The molecule has 1 fully saturated rings. The summed E-state index contributed by atoms with van der Waals surface area (Å²) in [5, 5.41) is 0. The largest absolute Gasteiger partial charge is 0.493 e. The summed E-state index contributed by atoms with van der Waals surface area (Å²) in [6, 6.07) is 6.12. The average Bonchev–Trinajstić information content (AvgIpc) is 2.39. The van der Waals surface area contributed by atoms with Crippen LogP contribution >= 0.6 is 15.9 Å². The van der Waals surface area contributed by atoms with Crippen LogP contribution in [0.15, 0.2) is 22.7 Å². The smallest absolute Gasteiger partial charge is 0.123 e. The highest BCUT2D eigenvalue weighted by atomic mass is 79.9. The number of hydrogen-bond donors (Lipinski definition) is 0. The number of nitrogens with zero attached hydrogens (tertiary/aromatic N) is 1. The second-order valence-corrected chi connectivity index (χ2v) is 6.47. The highest BCUT2D eigenvalue weighted by Crippen LogP contribution is 2.25. The Morgan fingerprint density at radius 3 is 3.05 bits per heavy atom. The highest BCUT2D eigenvalue weighted by Gasteiger charge is 2.15. The molecule has 0 radical (unpaired) electrons. The van der Waals surface area contributed by atoms with E-state index < -0.39 is 0 Å². The van der Waals surface area contributed by atoms with Crippen molar-refractivity contribution in [2.75, 3.05) is 26.2 Å². The number of hydrogen-bond acceptors (Lipinski definition) is 2. The summed E-state index contributed by atoms with van der Waals surface area (Å²) in [5.41, 5.74) is 1.19. The molecule has 2 rings (SSSR count). The fraction of sp³-hybridized carbons (Fsp3) is 0.625. The molecule has 1 unspecified atom stereocenters. The van der Waals surface area contributed by atoms with E-state index >= 15 is 0 Å². The fourth-order valence-electron chi connectivity index (χ4n) is 2.70. The van der Waals surface area contributed by atoms with Crippen molar-refractivity contribution >= 4 is 15.9 Å². The molecule has 2 nitrogen and oxygen atoms in total. The molecule has 0 aromatic heterocycles. The zero-order valence-electron chi connectivity index (χ0n) is 12.0. The molecular weight excluding hydrogens is 302 g/mol. The first kappa shape index (κ1) is 14.9. The van der Waals surface area contributed by atoms with Crippen molar-refractivity contribution in [2.24, 2.45) is 5.92 Å². The number of halogens is 1. The van der Waals surface area contributed by atoms with Gasteiger partial charge in [0.1, 0.15) is 5.75 Å². The molecular formula is C16H24BrNO. The molecule has 1 aliphatic rings. The van der Waals surface area contributed by atoms with E-state index in [0.29, 0.717) is 0 Å². The van der Waals surface area contributed by atoms with E-state index in [1.54, 1.807) is 0 Å². The molecule has 1 saturated heterocycles. The lowest BCUT2D eigenvalue weighted by Crippen LogP contribution is -2.35. The number of likely N-dealkylation sites (tertiary alicyclic amines) is 1. The van der Waals surface area contributed by atoms with Crippen molar-refractivity contribution in [3.63, 3.8) is 0 Å². The van der Waals surface area contributed by atoms with Crippen LogP contribution in [0.4, 0.5) is 0 Å². The van der Waals surface area contributed by atoms with Gasteiger partial charge >= 0.3 is 0 Å². The summed E-state index contributed by atoms with van der Waals surface area (Å²) in [4.78, 5) is 2.57. The lowest BCUT2D eigenvalue weighted by molar-refractivity contribution is 0.170. The third kappa shape index (κ3) is 4.50. The Balaban J connectivity index is 1.70. The Hall–Kier alpha value is -0.540. The van der Waals surface area contributed by atoms with Crippen LogP contribution in [-0.2, 0) is 0 Å². The zero-order chi connectivity index (χ0) is 13.7. The first-order valence-electron chi connectivity index (χ1n) is 7.27. The summed E-state index contributed by atoms with van der Waals surface area (Å²) in [6.45, 7) is 8.94. The van der Waals surface area contributed by atoms with Crippen molar-refractivity contribution in [2.45, 2.75) is 33.1 Å². The quantitative estimate of drug-likeness (QED) is 0.750. The summed E-state index contributed by atoms with van der Waals surface area (Å²) in [6.07, 6.45) is 3.86. The summed E-state index contributed by atoms with van der Waals surface area (Å²) < 4.78 is 7.00. The minimum absolute atomic E-state index is 0.808. The third-order valence-corrected chi connectivity index (χ3v) is 4.69. The molecule has 0 saturated carbocycles. The Morgan fingerprint density at radius 1 is 1.42 bits per heavy atom. The molecule has 0 spiro atoms. The summed E-state index contributed by atoms with van der Waals surface area (Å²) >= 11 is 3.54. The molecule has 1 heterocycles. The van der Waals surface area contributed by atoms with Crippen LogP contribution in [0.25, 0.3) is 0 Å². The van der Waals surface area contributed by atoms with Crippen molar-refractivity contribution < 1.29 is 4.74 Å². The number of rotatable bonds is 5. The molecule has 106 valence electrons. The normalized spacial score (nSPS) is 20.5. The minimum atomic E-state index is 0.808. The van der Waals surface area contributed by atoms with Crippen molar-refractivity contribution in [3.05, 3.63) is 28.2 Å². The third-order valence-electron chi connectivity index (χ3n) is 3.84. The van der Waals surface area contributed by atoms with Gasteiger partial charge in [0.05, 0.1) is 6.61 Å². The molecule has 1 atom stereocenters. The van der Waals surface area contributed by atoms with Gasteiger partial charge in [-0.2, -0.15) is 0 Å². The molecule has 0 amide bonds. The molecule has 0 aliphatic carbocycles. The predicted molar refractivity (Wildman–Crippen MR) is 83.8 cm³/mol. The van der Waals surface area contributed by atoms with Gasteiger partial charge in [0.25, 0.3) is 0 Å². The number of benzene rings is 1. The van der Waals surface area contributed by atoms with Crippen molar-refractivity contribution in [3.8, 4) is 5.75 Å². The minimum Gasteiger partial charge on any atom is -0.493 e.